The van der Waals surface area contributed by atoms with Crippen LogP contribution >= 0.6 is 12.4 Å². The number of nitrogens with zero attached hydrogens (tertiary/aromatic N) is 1. The highest BCUT2D eigenvalue weighted by Gasteiger charge is 2.19. The number of amides is 1. The van der Waals surface area contributed by atoms with Crippen molar-refractivity contribution in [3.8, 4) is 0 Å². The quantitative estimate of drug-likeness (QED) is 0.692. The third-order valence-electron chi connectivity index (χ3n) is 3.86. The molecule has 0 bridgehead atoms. The Morgan fingerprint density at radius 1 is 1.48 bits per heavy atom. The van der Waals surface area contributed by atoms with Crippen LogP contribution in [-0.4, -0.2) is 75.5 Å². The summed E-state index contributed by atoms with van der Waals surface area (Å²) in [6.45, 7) is 8.92. The zero-order valence-electron chi connectivity index (χ0n) is 12.8. The predicted octanol–water partition coefficient (Wildman–Crippen LogP) is 0.0137. The van der Waals surface area contributed by atoms with Crippen LogP contribution in [0.4, 0.5) is 0 Å². The molecule has 2 fully saturated rings. The molecule has 0 aromatic carbocycles. The van der Waals surface area contributed by atoms with Gasteiger partial charge < -0.3 is 20.1 Å². The standard InChI is InChI=1S/C14H27N3O3.ClH/c1-12(20-11-13-3-2-10-19-13)14(18)16-6-9-17-7-4-15-5-8-17;/h12-13,15H,2-11H2,1H3,(H,16,18);1H. The molecule has 21 heavy (non-hydrogen) atoms. The topological polar surface area (TPSA) is 62.8 Å². The second-order valence-electron chi connectivity index (χ2n) is 5.49. The SMILES string of the molecule is CC(OCC1CCCO1)C(=O)NCCN1CCNCC1.Cl. The van der Waals surface area contributed by atoms with Gasteiger partial charge >= 0.3 is 0 Å². The molecule has 2 aliphatic rings. The van der Waals surface area contributed by atoms with E-state index in [-0.39, 0.29) is 24.4 Å². The molecule has 0 spiro atoms. The largest absolute Gasteiger partial charge is 0.376 e. The Kier molecular flexibility index (Phi) is 9.19. The molecule has 2 saturated heterocycles. The van der Waals surface area contributed by atoms with E-state index in [0.717, 1.165) is 52.2 Å². The van der Waals surface area contributed by atoms with Crippen LogP contribution in [0.15, 0.2) is 0 Å². The highest BCUT2D eigenvalue weighted by atomic mass is 35.5. The Labute approximate surface area is 133 Å². The van der Waals surface area contributed by atoms with Gasteiger partial charge in [-0.25, -0.2) is 0 Å². The maximum absolute atomic E-state index is 11.9. The van der Waals surface area contributed by atoms with Crippen LogP contribution in [0, 0.1) is 0 Å². The first-order chi connectivity index (χ1) is 9.75. The lowest BCUT2D eigenvalue weighted by molar-refractivity contribution is -0.133. The van der Waals surface area contributed by atoms with E-state index >= 15 is 0 Å². The first-order valence-corrected chi connectivity index (χ1v) is 7.69. The third kappa shape index (κ3) is 6.93. The Bertz CT molecular complexity index is 295. The molecule has 6 nitrogen and oxygen atoms in total. The average molecular weight is 322 g/mol. The Hall–Kier alpha value is -0.400. The third-order valence-corrected chi connectivity index (χ3v) is 3.86. The van der Waals surface area contributed by atoms with Gasteiger partial charge in [0.05, 0.1) is 12.7 Å². The van der Waals surface area contributed by atoms with Crippen molar-refractivity contribution in [3.05, 3.63) is 0 Å². The van der Waals surface area contributed by atoms with Crippen LogP contribution in [0.1, 0.15) is 19.8 Å². The van der Waals surface area contributed by atoms with Gasteiger partial charge in [-0.05, 0) is 19.8 Å². The van der Waals surface area contributed by atoms with Crippen molar-refractivity contribution in [3.63, 3.8) is 0 Å². The molecule has 2 N–H and O–H groups in total. The number of hydrogen-bond donors (Lipinski definition) is 2. The first kappa shape index (κ1) is 18.6. The first-order valence-electron chi connectivity index (χ1n) is 7.69. The van der Waals surface area contributed by atoms with E-state index in [1.165, 1.54) is 0 Å². The van der Waals surface area contributed by atoms with Crippen LogP contribution in [0.3, 0.4) is 0 Å². The molecule has 2 unspecified atom stereocenters. The Balaban J connectivity index is 0.00000220. The Morgan fingerprint density at radius 2 is 2.24 bits per heavy atom. The normalized spacial score (nSPS) is 24.3. The number of carbonyl (C=O) groups excluding carboxylic acids is 1. The van der Waals surface area contributed by atoms with Crippen molar-refractivity contribution in [2.45, 2.75) is 32.0 Å². The van der Waals surface area contributed by atoms with Crippen molar-refractivity contribution in [1.29, 1.82) is 0 Å². The molecule has 1 amide bonds. The van der Waals surface area contributed by atoms with Crippen LogP contribution in [0.2, 0.25) is 0 Å². The van der Waals surface area contributed by atoms with Gasteiger partial charge in [-0.3, -0.25) is 9.69 Å². The van der Waals surface area contributed by atoms with E-state index in [4.69, 9.17) is 9.47 Å². The number of carbonyl (C=O) groups is 1. The fourth-order valence-electron chi connectivity index (χ4n) is 2.52. The summed E-state index contributed by atoms with van der Waals surface area (Å²) in [5, 5.41) is 6.25. The maximum Gasteiger partial charge on any atom is 0.248 e. The second-order valence-corrected chi connectivity index (χ2v) is 5.49. The van der Waals surface area contributed by atoms with E-state index in [2.05, 4.69) is 15.5 Å². The number of halogens is 1. The van der Waals surface area contributed by atoms with E-state index in [1.807, 2.05) is 0 Å². The summed E-state index contributed by atoms with van der Waals surface area (Å²) >= 11 is 0. The number of rotatable bonds is 7. The van der Waals surface area contributed by atoms with Gasteiger partial charge in [-0.2, -0.15) is 0 Å². The van der Waals surface area contributed by atoms with Gasteiger partial charge in [0, 0.05) is 45.9 Å². The summed E-state index contributed by atoms with van der Waals surface area (Å²) in [5.41, 5.74) is 0. The van der Waals surface area contributed by atoms with Crippen molar-refractivity contribution in [2.24, 2.45) is 0 Å². The highest BCUT2D eigenvalue weighted by Crippen LogP contribution is 2.12. The van der Waals surface area contributed by atoms with Crippen LogP contribution in [-0.2, 0) is 14.3 Å². The van der Waals surface area contributed by atoms with E-state index in [9.17, 15) is 4.79 Å². The summed E-state index contributed by atoms with van der Waals surface area (Å²) < 4.78 is 11.0. The van der Waals surface area contributed by atoms with Crippen molar-refractivity contribution in [2.75, 3.05) is 52.5 Å². The zero-order valence-corrected chi connectivity index (χ0v) is 13.6. The number of piperazine rings is 1. The van der Waals surface area contributed by atoms with Crippen molar-refractivity contribution < 1.29 is 14.3 Å². The summed E-state index contributed by atoms with van der Waals surface area (Å²) in [6, 6.07) is 0. The second kappa shape index (κ2) is 10.3. The number of ether oxygens (including phenoxy) is 2. The summed E-state index contributed by atoms with van der Waals surface area (Å²) in [4.78, 5) is 14.2. The summed E-state index contributed by atoms with van der Waals surface area (Å²) in [6.07, 6.45) is 1.91. The molecular formula is C14H28ClN3O3. The fourth-order valence-corrected chi connectivity index (χ4v) is 2.52. The van der Waals surface area contributed by atoms with Crippen molar-refractivity contribution in [1.82, 2.24) is 15.5 Å². The molecular weight excluding hydrogens is 294 g/mol. The lowest BCUT2D eigenvalue weighted by atomic mass is 10.2. The lowest BCUT2D eigenvalue weighted by Gasteiger charge is -2.27. The molecule has 2 heterocycles. The molecule has 0 radical (unpaired) electrons. The maximum atomic E-state index is 11.9. The average Bonchev–Trinajstić information content (AvgIpc) is 2.99. The van der Waals surface area contributed by atoms with Crippen LogP contribution in [0.5, 0.6) is 0 Å². The van der Waals surface area contributed by atoms with Crippen LogP contribution < -0.4 is 10.6 Å². The fraction of sp³-hybridized carbons (Fsp3) is 0.929. The molecule has 0 saturated carbocycles. The van der Waals surface area contributed by atoms with Gasteiger partial charge in [0.1, 0.15) is 6.10 Å². The van der Waals surface area contributed by atoms with E-state index < -0.39 is 6.10 Å². The minimum atomic E-state index is -0.401. The zero-order chi connectivity index (χ0) is 14.2. The number of hydrogen-bond acceptors (Lipinski definition) is 5. The highest BCUT2D eigenvalue weighted by molar-refractivity contribution is 5.85. The number of nitrogens with one attached hydrogen (secondary N) is 2. The Morgan fingerprint density at radius 3 is 2.90 bits per heavy atom. The van der Waals surface area contributed by atoms with Gasteiger partial charge in [0.2, 0.25) is 5.91 Å². The summed E-state index contributed by atoms with van der Waals surface area (Å²) in [7, 11) is 0. The van der Waals surface area contributed by atoms with Gasteiger partial charge in [-0.1, -0.05) is 0 Å². The molecule has 0 aliphatic carbocycles. The van der Waals surface area contributed by atoms with Gasteiger partial charge in [0.15, 0.2) is 0 Å². The summed E-state index contributed by atoms with van der Waals surface area (Å²) in [5.74, 6) is -0.0295. The molecule has 0 aromatic rings. The molecule has 2 aliphatic heterocycles. The van der Waals surface area contributed by atoms with E-state index in [1.54, 1.807) is 6.92 Å². The minimum Gasteiger partial charge on any atom is -0.376 e. The predicted molar refractivity (Wildman–Crippen MR) is 84.0 cm³/mol. The van der Waals surface area contributed by atoms with Gasteiger partial charge in [-0.15, -0.1) is 12.4 Å². The monoisotopic (exact) mass is 321 g/mol. The smallest absolute Gasteiger partial charge is 0.248 e. The lowest BCUT2D eigenvalue weighted by Crippen LogP contribution is -2.47. The molecule has 7 heteroatoms. The molecule has 2 rings (SSSR count). The van der Waals surface area contributed by atoms with E-state index in [0.29, 0.717) is 13.2 Å². The molecule has 124 valence electrons. The molecule has 0 aromatic heterocycles. The van der Waals surface area contributed by atoms with Crippen LogP contribution in [0.25, 0.3) is 0 Å². The minimum absolute atomic E-state index is 0. The van der Waals surface area contributed by atoms with Crippen molar-refractivity contribution >= 4 is 18.3 Å². The van der Waals surface area contributed by atoms with Gasteiger partial charge in [0.25, 0.3) is 0 Å². The molecule has 2 atom stereocenters.